The average Bonchev–Trinajstić information content (AvgIpc) is 3.21. The van der Waals surface area contributed by atoms with Gasteiger partial charge in [-0.15, -0.1) is 5.10 Å². The standard InChI is InChI=1S/C21H16FN5O2/c22-15-4-1-13(2-5-15)14-3-10-18(23)19(11-14)24-21(29)20-12-27(26-25-20)16-6-8-17(28)9-7-16/h1-12,28H,23H2,(H,24,29). The summed E-state index contributed by atoms with van der Waals surface area (Å²) >= 11 is 0. The summed E-state index contributed by atoms with van der Waals surface area (Å²) in [5.41, 5.74) is 9.10. The van der Waals surface area contributed by atoms with Crippen molar-refractivity contribution < 1.29 is 14.3 Å². The number of hydrogen-bond acceptors (Lipinski definition) is 5. The van der Waals surface area contributed by atoms with Gasteiger partial charge < -0.3 is 16.2 Å². The molecule has 0 saturated heterocycles. The summed E-state index contributed by atoms with van der Waals surface area (Å²) in [6, 6.07) is 17.5. The van der Waals surface area contributed by atoms with E-state index in [0.29, 0.717) is 17.1 Å². The molecule has 0 aliphatic carbocycles. The smallest absolute Gasteiger partial charge is 0.277 e. The van der Waals surface area contributed by atoms with Crippen molar-refractivity contribution in [2.45, 2.75) is 0 Å². The maximum atomic E-state index is 13.1. The Morgan fingerprint density at radius 1 is 1.00 bits per heavy atom. The van der Waals surface area contributed by atoms with Gasteiger partial charge in [-0.2, -0.15) is 0 Å². The first-order valence-corrected chi connectivity index (χ1v) is 8.68. The van der Waals surface area contributed by atoms with Gasteiger partial charge in [-0.05, 0) is 59.7 Å². The number of nitrogen functional groups attached to an aromatic ring is 1. The fourth-order valence-corrected chi connectivity index (χ4v) is 2.77. The average molecular weight is 389 g/mol. The van der Waals surface area contributed by atoms with Crippen molar-refractivity contribution in [1.82, 2.24) is 15.0 Å². The highest BCUT2D eigenvalue weighted by Crippen LogP contribution is 2.28. The third-order valence-corrected chi connectivity index (χ3v) is 4.32. The molecule has 4 N–H and O–H groups in total. The Morgan fingerprint density at radius 2 is 1.69 bits per heavy atom. The minimum absolute atomic E-state index is 0.102. The third kappa shape index (κ3) is 3.91. The molecule has 7 nitrogen and oxygen atoms in total. The van der Waals surface area contributed by atoms with Crippen molar-refractivity contribution in [2.75, 3.05) is 11.1 Å². The second-order valence-corrected chi connectivity index (χ2v) is 6.33. The van der Waals surface area contributed by atoms with Crippen LogP contribution in [0.25, 0.3) is 16.8 Å². The van der Waals surface area contributed by atoms with Crippen molar-refractivity contribution in [3.63, 3.8) is 0 Å². The monoisotopic (exact) mass is 389 g/mol. The van der Waals surface area contributed by atoms with E-state index in [1.54, 1.807) is 42.5 Å². The predicted octanol–water partition coefficient (Wildman–Crippen LogP) is 3.61. The molecule has 1 amide bonds. The van der Waals surface area contributed by atoms with Crippen molar-refractivity contribution in [2.24, 2.45) is 0 Å². The Hall–Kier alpha value is -4.20. The Kier molecular flexibility index (Phi) is 4.66. The summed E-state index contributed by atoms with van der Waals surface area (Å²) < 4.78 is 14.6. The number of phenolic OH excluding ortho intramolecular Hbond substituents is 1. The van der Waals surface area contributed by atoms with Crippen molar-refractivity contribution in [3.05, 3.63) is 84.4 Å². The van der Waals surface area contributed by atoms with Gasteiger partial charge in [0.25, 0.3) is 5.91 Å². The van der Waals surface area contributed by atoms with Gasteiger partial charge in [0.15, 0.2) is 5.69 Å². The quantitative estimate of drug-likeness (QED) is 0.462. The number of aromatic nitrogens is 3. The van der Waals surface area contributed by atoms with Crippen molar-refractivity contribution in [1.29, 1.82) is 0 Å². The van der Waals surface area contributed by atoms with Crippen LogP contribution in [0, 0.1) is 5.82 Å². The zero-order valence-electron chi connectivity index (χ0n) is 15.1. The Morgan fingerprint density at radius 3 is 2.41 bits per heavy atom. The molecule has 0 bridgehead atoms. The highest BCUT2D eigenvalue weighted by Gasteiger charge is 2.14. The fourth-order valence-electron chi connectivity index (χ4n) is 2.77. The SMILES string of the molecule is Nc1ccc(-c2ccc(F)cc2)cc1NC(=O)c1cn(-c2ccc(O)cc2)nn1. The topological polar surface area (TPSA) is 106 Å². The van der Waals surface area contributed by atoms with Crippen LogP contribution in [-0.2, 0) is 0 Å². The molecule has 0 atom stereocenters. The molecule has 0 fully saturated rings. The number of carbonyl (C=O) groups excluding carboxylic acids is 1. The van der Waals surface area contributed by atoms with Gasteiger partial charge >= 0.3 is 0 Å². The lowest BCUT2D eigenvalue weighted by Crippen LogP contribution is -2.13. The molecule has 0 aliphatic heterocycles. The molecule has 3 aromatic carbocycles. The van der Waals surface area contributed by atoms with Gasteiger partial charge in [0.1, 0.15) is 11.6 Å². The molecule has 0 saturated carbocycles. The van der Waals surface area contributed by atoms with Gasteiger partial charge in [-0.25, -0.2) is 9.07 Å². The van der Waals surface area contributed by atoms with Crippen LogP contribution < -0.4 is 11.1 Å². The molecule has 4 rings (SSSR count). The molecular formula is C21H16FN5O2. The number of halogens is 1. The summed E-state index contributed by atoms with van der Waals surface area (Å²) in [4.78, 5) is 12.6. The third-order valence-electron chi connectivity index (χ3n) is 4.32. The Labute approximate surface area is 165 Å². The molecule has 0 radical (unpaired) electrons. The first-order chi connectivity index (χ1) is 14.0. The molecule has 4 aromatic rings. The molecule has 0 aliphatic rings. The number of benzene rings is 3. The van der Waals surface area contributed by atoms with Crippen LogP contribution in [0.1, 0.15) is 10.5 Å². The number of aromatic hydroxyl groups is 1. The number of nitrogens with zero attached hydrogens (tertiary/aromatic N) is 3. The minimum atomic E-state index is -0.474. The second-order valence-electron chi connectivity index (χ2n) is 6.33. The molecular weight excluding hydrogens is 373 g/mol. The van der Waals surface area contributed by atoms with Crippen LogP contribution in [0.5, 0.6) is 5.75 Å². The number of amides is 1. The van der Waals surface area contributed by atoms with Gasteiger partial charge in [0.05, 0.1) is 23.3 Å². The van der Waals surface area contributed by atoms with Crippen LogP contribution in [0.4, 0.5) is 15.8 Å². The lowest BCUT2D eigenvalue weighted by atomic mass is 10.0. The fraction of sp³-hybridized carbons (Fsp3) is 0. The zero-order valence-corrected chi connectivity index (χ0v) is 15.1. The van der Waals surface area contributed by atoms with Gasteiger partial charge in [0.2, 0.25) is 0 Å². The highest BCUT2D eigenvalue weighted by atomic mass is 19.1. The van der Waals surface area contributed by atoms with Gasteiger partial charge in [-0.3, -0.25) is 4.79 Å². The molecule has 1 heterocycles. The summed E-state index contributed by atoms with van der Waals surface area (Å²) in [5, 5.41) is 19.9. The first-order valence-electron chi connectivity index (χ1n) is 8.68. The minimum Gasteiger partial charge on any atom is -0.508 e. The summed E-state index contributed by atoms with van der Waals surface area (Å²) in [7, 11) is 0. The number of anilines is 2. The molecule has 144 valence electrons. The van der Waals surface area contributed by atoms with Crippen LogP contribution in [0.3, 0.4) is 0 Å². The Balaban J connectivity index is 1.56. The molecule has 8 heteroatoms. The Bertz CT molecular complexity index is 1170. The number of rotatable bonds is 4. The van der Waals surface area contributed by atoms with Crippen LogP contribution in [-0.4, -0.2) is 26.0 Å². The lowest BCUT2D eigenvalue weighted by molar-refractivity contribution is 0.102. The zero-order chi connectivity index (χ0) is 20.4. The predicted molar refractivity (Wildman–Crippen MR) is 107 cm³/mol. The largest absolute Gasteiger partial charge is 0.508 e. The van der Waals surface area contributed by atoms with Crippen molar-refractivity contribution >= 4 is 17.3 Å². The molecule has 29 heavy (non-hydrogen) atoms. The molecule has 0 unspecified atom stereocenters. The van der Waals surface area contributed by atoms with Crippen LogP contribution in [0.2, 0.25) is 0 Å². The lowest BCUT2D eigenvalue weighted by Gasteiger charge is -2.10. The van der Waals surface area contributed by atoms with Crippen molar-refractivity contribution in [3.8, 4) is 22.6 Å². The van der Waals surface area contributed by atoms with Gasteiger partial charge in [0, 0.05) is 0 Å². The molecule has 1 aromatic heterocycles. The van der Waals surface area contributed by atoms with E-state index in [1.165, 1.54) is 35.1 Å². The van der Waals surface area contributed by atoms with Crippen LogP contribution >= 0.6 is 0 Å². The van der Waals surface area contributed by atoms with E-state index in [9.17, 15) is 14.3 Å². The number of carbonyl (C=O) groups is 1. The highest BCUT2D eigenvalue weighted by molar-refractivity contribution is 6.04. The summed E-state index contributed by atoms with van der Waals surface area (Å²) in [5.74, 6) is -0.671. The van der Waals surface area contributed by atoms with E-state index >= 15 is 0 Å². The normalized spacial score (nSPS) is 10.7. The van der Waals surface area contributed by atoms with E-state index in [0.717, 1.165) is 11.1 Å². The summed E-state index contributed by atoms with van der Waals surface area (Å²) in [6.45, 7) is 0. The van der Waals surface area contributed by atoms with Crippen LogP contribution in [0.15, 0.2) is 72.9 Å². The van der Waals surface area contributed by atoms with E-state index in [-0.39, 0.29) is 17.3 Å². The van der Waals surface area contributed by atoms with E-state index in [4.69, 9.17) is 5.73 Å². The number of nitrogens with one attached hydrogen (secondary N) is 1. The maximum Gasteiger partial charge on any atom is 0.277 e. The van der Waals surface area contributed by atoms with E-state index < -0.39 is 5.91 Å². The molecule has 0 spiro atoms. The number of phenols is 1. The summed E-state index contributed by atoms with van der Waals surface area (Å²) in [6.07, 6.45) is 1.47. The van der Waals surface area contributed by atoms with E-state index in [2.05, 4.69) is 15.6 Å². The second kappa shape index (κ2) is 7.43. The maximum absolute atomic E-state index is 13.1. The first kappa shape index (κ1) is 18.2. The van der Waals surface area contributed by atoms with Gasteiger partial charge in [-0.1, -0.05) is 23.4 Å². The number of nitrogens with two attached hydrogens (primary N) is 1. The number of hydrogen-bond donors (Lipinski definition) is 3. The van der Waals surface area contributed by atoms with E-state index in [1.807, 2.05) is 0 Å².